The lowest BCUT2D eigenvalue weighted by Gasteiger charge is -2.10. The number of carbonyl (C=O) groups excluding carboxylic acids is 1. The topological polar surface area (TPSA) is 142 Å². The minimum Gasteiger partial charge on any atom is -0.482 e. The van der Waals surface area contributed by atoms with Crippen molar-refractivity contribution in [1.29, 1.82) is 0 Å². The number of hydrogen-bond acceptors (Lipinski definition) is 10. The van der Waals surface area contributed by atoms with Gasteiger partial charge in [-0.2, -0.15) is 15.0 Å². The maximum Gasteiger partial charge on any atom is 0.344 e. The van der Waals surface area contributed by atoms with Crippen LogP contribution in [0.1, 0.15) is 11.4 Å². The van der Waals surface area contributed by atoms with Crippen LogP contribution in [0.5, 0.6) is 5.75 Å². The van der Waals surface area contributed by atoms with Crippen LogP contribution in [-0.4, -0.2) is 27.5 Å². The van der Waals surface area contributed by atoms with E-state index in [1.54, 1.807) is 18.2 Å². The fourth-order valence-corrected chi connectivity index (χ4v) is 2.85. The first-order chi connectivity index (χ1) is 15.5. The lowest BCUT2D eigenvalue weighted by Crippen LogP contribution is -2.16. The van der Waals surface area contributed by atoms with Crippen LogP contribution in [0, 0.1) is 6.92 Å². The van der Waals surface area contributed by atoms with E-state index < -0.39 is 11.6 Å². The van der Waals surface area contributed by atoms with E-state index in [4.69, 9.17) is 19.6 Å². The van der Waals surface area contributed by atoms with Crippen molar-refractivity contribution in [3.63, 3.8) is 0 Å². The number of nitrogens with two attached hydrogens (primary N) is 1. The Labute approximate surface area is 182 Å². The zero-order valence-electron chi connectivity index (χ0n) is 17.1. The van der Waals surface area contributed by atoms with Gasteiger partial charge in [-0.3, -0.25) is 0 Å². The normalized spacial score (nSPS) is 10.7. The van der Waals surface area contributed by atoms with E-state index in [1.807, 2.05) is 31.2 Å². The third-order valence-electron chi connectivity index (χ3n) is 4.40. The van der Waals surface area contributed by atoms with Gasteiger partial charge in [0.15, 0.2) is 19.0 Å². The van der Waals surface area contributed by atoms with Crippen molar-refractivity contribution in [3.8, 4) is 5.75 Å². The second-order valence-corrected chi connectivity index (χ2v) is 6.78. The van der Waals surface area contributed by atoms with Gasteiger partial charge in [0, 0.05) is 23.2 Å². The maximum absolute atomic E-state index is 12.1. The molecule has 0 fully saturated rings. The Morgan fingerprint density at radius 1 is 1.09 bits per heavy atom. The molecule has 0 radical (unpaired) electrons. The molecular formula is C22H19N5O5. The summed E-state index contributed by atoms with van der Waals surface area (Å²) in [5.41, 5.74) is 7.46. The molecule has 0 aliphatic heterocycles. The van der Waals surface area contributed by atoms with Gasteiger partial charge in [-0.05, 0) is 36.8 Å². The number of fused-ring (bicyclic) bond motifs is 1. The van der Waals surface area contributed by atoms with Crippen molar-refractivity contribution in [2.45, 2.75) is 13.5 Å². The fraction of sp³-hybridized carbons (Fsp3) is 0.136. The molecule has 0 unspecified atom stereocenters. The first-order valence-electron chi connectivity index (χ1n) is 9.62. The minimum absolute atomic E-state index is 0.00367. The molecule has 162 valence electrons. The molecule has 0 amide bonds. The van der Waals surface area contributed by atoms with Gasteiger partial charge < -0.3 is 24.9 Å². The summed E-state index contributed by atoms with van der Waals surface area (Å²) < 4.78 is 15.7. The number of esters is 1. The third-order valence-corrected chi connectivity index (χ3v) is 4.40. The van der Waals surface area contributed by atoms with Crippen LogP contribution in [0.4, 0.5) is 17.6 Å². The highest BCUT2D eigenvalue weighted by Gasteiger charge is 2.10. The number of benzene rings is 2. The van der Waals surface area contributed by atoms with Gasteiger partial charge in [0.05, 0.1) is 0 Å². The zero-order chi connectivity index (χ0) is 22.5. The molecule has 4 aromatic rings. The van der Waals surface area contributed by atoms with Crippen LogP contribution in [0.15, 0.2) is 63.8 Å². The summed E-state index contributed by atoms with van der Waals surface area (Å²) >= 11 is 0. The molecule has 0 spiro atoms. The van der Waals surface area contributed by atoms with Gasteiger partial charge in [-0.15, -0.1) is 0 Å². The summed E-state index contributed by atoms with van der Waals surface area (Å²) in [6.45, 7) is 1.39. The molecule has 2 aromatic heterocycles. The van der Waals surface area contributed by atoms with E-state index in [-0.39, 0.29) is 30.9 Å². The Balaban J connectivity index is 1.35. The summed E-state index contributed by atoms with van der Waals surface area (Å²) in [6.07, 6.45) is 0. The summed E-state index contributed by atoms with van der Waals surface area (Å²) in [6, 6.07) is 15.5. The molecule has 0 saturated heterocycles. The molecule has 10 heteroatoms. The number of anilines is 3. The van der Waals surface area contributed by atoms with Gasteiger partial charge in [-0.25, -0.2) is 9.59 Å². The van der Waals surface area contributed by atoms with E-state index in [9.17, 15) is 9.59 Å². The monoisotopic (exact) mass is 433 g/mol. The van der Waals surface area contributed by atoms with Crippen molar-refractivity contribution in [2.24, 2.45) is 0 Å². The van der Waals surface area contributed by atoms with E-state index in [0.717, 1.165) is 16.6 Å². The van der Waals surface area contributed by atoms with Crippen molar-refractivity contribution >= 4 is 34.5 Å². The number of para-hydroxylation sites is 1. The lowest BCUT2D eigenvalue weighted by molar-refractivity contribution is -0.147. The SMILES string of the molecule is Cc1ccccc1Nc1nc(N)nc(COC(=O)COc2ccc3ccc(=O)oc3c2)n1. The second kappa shape index (κ2) is 9.13. The average molecular weight is 433 g/mol. The van der Waals surface area contributed by atoms with Crippen LogP contribution in [0.2, 0.25) is 0 Å². The molecule has 0 bridgehead atoms. The van der Waals surface area contributed by atoms with Crippen LogP contribution >= 0.6 is 0 Å². The third kappa shape index (κ3) is 5.17. The predicted molar refractivity (Wildman–Crippen MR) is 116 cm³/mol. The first-order valence-corrected chi connectivity index (χ1v) is 9.62. The van der Waals surface area contributed by atoms with Crippen molar-refractivity contribution < 1.29 is 18.7 Å². The minimum atomic E-state index is -0.632. The summed E-state index contributed by atoms with van der Waals surface area (Å²) in [5.74, 6) is 0.155. The molecule has 0 saturated carbocycles. The Morgan fingerprint density at radius 3 is 2.75 bits per heavy atom. The summed E-state index contributed by atoms with van der Waals surface area (Å²) in [4.78, 5) is 35.7. The Hall–Kier alpha value is -4.47. The quantitative estimate of drug-likeness (QED) is 0.330. The van der Waals surface area contributed by atoms with Gasteiger partial charge in [0.1, 0.15) is 11.3 Å². The van der Waals surface area contributed by atoms with E-state index in [0.29, 0.717) is 11.3 Å². The van der Waals surface area contributed by atoms with Crippen LogP contribution in [0.3, 0.4) is 0 Å². The molecular weight excluding hydrogens is 414 g/mol. The standard InChI is InChI=1S/C22H19N5O5/c1-13-4-2-3-5-16(13)24-22-26-18(25-21(23)27-22)11-31-20(29)12-30-15-8-6-14-7-9-19(28)32-17(14)10-15/h2-10H,11-12H2,1H3,(H3,23,24,25,26,27). The zero-order valence-corrected chi connectivity index (χ0v) is 17.1. The number of rotatable bonds is 7. The molecule has 0 aliphatic carbocycles. The largest absolute Gasteiger partial charge is 0.482 e. The fourth-order valence-electron chi connectivity index (χ4n) is 2.85. The second-order valence-electron chi connectivity index (χ2n) is 6.78. The lowest BCUT2D eigenvalue weighted by atomic mass is 10.2. The molecule has 32 heavy (non-hydrogen) atoms. The van der Waals surface area contributed by atoms with Crippen LogP contribution < -0.4 is 21.4 Å². The van der Waals surface area contributed by atoms with Crippen LogP contribution in [0.25, 0.3) is 11.0 Å². The van der Waals surface area contributed by atoms with Gasteiger partial charge in [-0.1, -0.05) is 18.2 Å². The number of aromatic nitrogens is 3. The average Bonchev–Trinajstić information content (AvgIpc) is 2.77. The first kappa shape index (κ1) is 20.8. The number of nitrogens with one attached hydrogen (secondary N) is 1. The van der Waals surface area contributed by atoms with Gasteiger partial charge in [0.2, 0.25) is 11.9 Å². The molecule has 0 atom stereocenters. The highest BCUT2D eigenvalue weighted by Crippen LogP contribution is 2.20. The predicted octanol–water partition coefficient (Wildman–Crippen LogP) is 2.73. The van der Waals surface area contributed by atoms with E-state index in [2.05, 4.69) is 20.3 Å². The summed E-state index contributed by atoms with van der Waals surface area (Å²) in [5, 5.41) is 3.81. The van der Waals surface area contributed by atoms with Crippen molar-refractivity contribution in [1.82, 2.24) is 15.0 Å². The van der Waals surface area contributed by atoms with Crippen LogP contribution in [-0.2, 0) is 16.1 Å². The van der Waals surface area contributed by atoms with Crippen molar-refractivity contribution in [2.75, 3.05) is 17.7 Å². The highest BCUT2D eigenvalue weighted by molar-refractivity contribution is 5.78. The van der Waals surface area contributed by atoms with Crippen molar-refractivity contribution in [3.05, 3.63) is 76.4 Å². The Kier molecular flexibility index (Phi) is 5.93. The highest BCUT2D eigenvalue weighted by atomic mass is 16.6. The molecule has 0 aliphatic rings. The molecule has 3 N–H and O–H groups in total. The Morgan fingerprint density at radius 2 is 1.91 bits per heavy atom. The number of hydrogen-bond donors (Lipinski definition) is 2. The smallest absolute Gasteiger partial charge is 0.344 e. The van der Waals surface area contributed by atoms with Gasteiger partial charge in [0.25, 0.3) is 0 Å². The number of nitrogen functional groups attached to an aromatic ring is 1. The number of nitrogens with zero attached hydrogens (tertiary/aromatic N) is 3. The molecule has 10 nitrogen and oxygen atoms in total. The Bertz CT molecular complexity index is 1340. The maximum atomic E-state index is 12.1. The molecule has 2 heterocycles. The van der Waals surface area contributed by atoms with Gasteiger partial charge >= 0.3 is 11.6 Å². The number of ether oxygens (including phenoxy) is 2. The summed E-state index contributed by atoms with van der Waals surface area (Å²) in [7, 11) is 0. The number of carbonyl (C=O) groups is 1. The molecule has 4 rings (SSSR count). The number of aryl methyl sites for hydroxylation is 1. The van der Waals surface area contributed by atoms with E-state index >= 15 is 0 Å². The molecule has 2 aromatic carbocycles. The van der Waals surface area contributed by atoms with E-state index in [1.165, 1.54) is 12.1 Å².